The summed E-state index contributed by atoms with van der Waals surface area (Å²) in [4.78, 5) is 18.3. The van der Waals surface area contributed by atoms with E-state index < -0.39 is 0 Å². The molecule has 5 heteroatoms. The Labute approximate surface area is 165 Å². The standard InChI is InChI=1S/C22H28N4S/c1-3-4-11-17-15-9-7-10-16(15)18-19-20(27-22(18)25-17)21(24-13-23-19)26-12-6-5-8-14(26)2/h13-14H,3-12H2,1-2H3/t14-/m1/s1. The molecule has 1 aliphatic carbocycles. The van der Waals surface area contributed by atoms with Crippen molar-refractivity contribution in [3.05, 3.63) is 23.1 Å². The van der Waals surface area contributed by atoms with E-state index >= 15 is 0 Å². The average Bonchev–Trinajstić information content (AvgIpc) is 3.30. The molecule has 4 nitrogen and oxygen atoms in total. The molecule has 0 aromatic carbocycles. The normalized spacial score (nSPS) is 19.9. The number of rotatable bonds is 4. The number of anilines is 1. The predicted molar refractivity (Wildman–Crippen MR) is 114 cm³/mol. The van der Waals surface area contributed by atoms with E-state index in [4.69, 9.17) is 15.0 Å². The Kier molecular flexibility index (Phi) is 4.50. The van der Waals surface area contributed by atoms with Crippen molar-refractivity contribution in [3.8, 4) is 0 Å². The summed E-state index contributed by atoms with van der Waals surface area (Å²) in [7, 11) is 0. The summed E-state index contributed by atoms with van der Waals surface area (Å²) in [6.45, 7) is 5.70. The lowest BCUT2D eigenvalue weighted by Gasteiger charge is -2.34. The van der Waals surface area contributed by atoms with Crippen molar-refractivity contribution in [1.82, 2.24) is 15.0 Å². The lowest BCUT2D eigenvalue weighted by Crippen LogP contribution is -2.38. The summed E-state index contributed by atoms with van der Waals surface area (Å²) in [5.74, 6) is 1.14. The Hall–Kier alpha value is -1.75. The van der Waals surface area contributed by atoms with Crippen LogP contribution in [0.3, 0.4) is 0 Å². The second-order valence-corrected chi connectivity index (χ2v) is 9.17. The van der Waals surface area contributed by atoms with Crippen LogP contribution in [0, 0.1) is 0 Å². The molecule has 3 aromatic heterocycles. The molecule has 1 fully saturated rings. The SMILES string of the molecule is CCCCc1nc2sc3c(N4CCCC[C@H]4C)ncnc3c2c2c1CCC2. The monoisotopic (exact) mass is 380 g/mol. The van der Waals surface area contributed by atoms with Gasteiger partial charge in [0.25, 0.3) is 0 Å². The minimum absolute atomic E-state index is 0.556. The number of pyridine rings is 1. The molecule has 27 heavy (non-hydrogen) atoms. The van der Waals surface area contributed by atoms with Gasteiger partial charge < -0.3 is 4.90 Å². The average molecular weight is 381 g/mol. The van der Waals surface area contributed by atoms with Crippen molar-refractivity contribution in [1.29, 1.82) is 0 Å². The van der Waals surface area contributed by atoms with Crippen molar-refractivity contribution in [2.75, 3.05) is 11.4 Å². The molecule has 0 unspecified atom stereocenters. The molecule has 5 rings (SSSR count). The van der Waals surface area contributed by atoms with Crippen LogP contribution in [0.4, 0.5) is 5.82 Å². The summed E-state index contributed by atoms with van der Waals surface area (Å²) in [5, 5.41) is 1.33. The van der Waals surface area contributed by atoms with Crippen LogP contribution >= 0.6 is 11.3 Å². The first-order valence-corrected chi connectivity index (χ1v) is 11.4. The van der Waals surface area contributed by atoms with Crippen LogP contribution in [0.25, 0.3) is 20.4 Å². The number of hydrogen-bond acceptors (Lipinski definition) is 5. The maximum atomic E-state index is 5.16. The van der Waals surface area contributed by atoms with E-state index in [1.807, 2.05) is 11.3 Å². The van der Waals surface area contributed by atoms with Gasteiger partial charge in [-0.2, -0.15) is 0 Å². The maximum absolute atomic E-state index is 5.16. The van der Waals surface area contributed by atoms with Gasteiger partial charge in [-0.05, 0) is 69.4 Å². The van der Waals surface area contributed by atoms with Gasteiger partial charge in [0.05, 0.1) is 10.2 Å². The van der Waals surface area contributed by atoms with Gasteiger partial charge in [-0.25, -0.2) is 15.0 Å². The quantitative estimate of drug-likeness (QED) is 0.603. The van der Waals surface area contributed by atoms with Gasteiger partial charge in [-0.1, -0.05) is 13.3 Å². The van der Waals surface area contributed by atoms with Crippen molar-refractivity contribution in [3.63, 3.8) is 0 Å². The van der Waals surface area contributed by atoms with E-state index in [-0.39, 0.29) is 0 Å². The van der Waals surface area contributed by atoms with Crippen molar-refractivity contribution in [2.24, 2.45) is 0 Å². The van der Waals surface area contributed by atoms with Crippen LogP contribution in [0.1, 0.15) is 69.2 Å². The molecule has 0 saturated carbocycles. The molecule has 0 radical (unpaired) electrons. The molecule has 0 N–H and O–H groups in total. The van der Waals surface area contributed by atoms with Crippen molar-refractivity contribution in [2.45, 2.75) is 77.7 Å². The van der Waals surface area contributed by atoms with Crippen LogP contribution < -0.4 is 4.90 Å². The number of nitrogens with zero attached hydrogens (tertiary/aromatic N) is 4. The van der Waals surface area contributed by atoms with Crippen LogP contribution in [0.15, 0.2) is 6.33 Å². The maximum Gasteiger partial charge on any atom is 0.150 e. The molecule has 1 saturated heterocycles. The number of piperidine rings is 1. The van der Waals surface area contributed by atoms with Gasteiger partial charge in [-0.15, -0.1) is 11.3 Å². The van der Waals surface area contributed by atoms with E-state index in [2.05, 4.69) is 18.7 Å². The highest BCUT2D eigenvalue weighted by atomic mass is 32.1. The Morgan fingerprint density at radius 1 is 1.15 bits per heavy atom. The lowest BCUT2D eigenvalue weighted by molar-refractivity contribution is 0.482. The number of aromatic nitrogens is 3. The fraction of sp³-hybridized carbons (Fsp3) is 0.591. The zero-order valence-corrected chi connectivity index (χ0v) is 17.2. The zero-order valence-electron chi connectivity index (χ0n) is 16.4. The van der Waals surface area contributed by atoms with E-state index in [0.29, 0.717) is 6.04 Å². The fourth-order valence-corrected chi connectivity index (χ4v) is 6.12. The third-order valence-corrected chi connectivity index (χ3v) is 7.45. The number of aryl methyl sites for hydroxylation is 2. The van der Waals surface area contributed by atoms with E-state index in [9.17, 15) is 0 Å². The number of thiophene rings is 1. The Bertz CT molecular complexity index is 993. The molecule has 3 aromatic rings. The second kappa shape index (κ2) is 7.01. The summed E-state index contributed by atoms with van der Waals surface area (Å²) >= 11 is 1.82. The fourth-order valence-electron chi connectivity index (χ4n) is 4.93. The summed E-state index contributed by atoms with van der Waals surface area (Å²) < 4.78 is 1.25. The van der Waals surface area contributed by atoms with Crippen molar-refractivity contribution < 1.29 is 0 Å². The van der Waals surface area contributed by atoms with Gasteiger partial charge in [0, 0.05) is 23.7 Å². The highest BCUT2D eigenvalue weighted by Crippen LogP contribution is 2.42. The Morgan fingerprint density at radius 2 is 2.04 bits per heavy atom. The second-order valence-electron chi connectivity index (χ2n) is 8.17. The first kappa shape index (κ1) is 17.4. The molecule has 0 spiro atoms. The molecule has 4 heterocycles. The molecule has 0 amide bonds. The minimum atomic E-state index is 0.556. The lowest BCUT2D eigenvalue weighted by atomic mass is 10.0. The molecule has 1 atom stereocenters. The van der Waals surface area contributed by atoms with E-state index in [0.717, 1.165) is 24.3 Å². The Balaban J connectivity index is 1.72. The highest BCUT2D eigenvalue weighted by molar-refractivity contribution is 7.26. The zero-order chi connectivity index (χ0) is 18.4. The molecule has 1 aliphatic heterocycles. The first-order valence-electron chi connectivity index (χ1n) is 10.6. The van der Waals surface area contributed by atoms with Crippen molar-refractivity contribution >= 4 is 37.6 Å². The molecule has 2 aliphatic rings. The third kappa shape index (κ3) is 2.82. The smallest absolute Gasteiger partial charge is 0.150 e. The van der Waals surface area contributed by atoms with Gasteiger partial charge in [-0.3, -0.25) is 0 Å². The van der Waals surface area contributed by atoms with Crippen LogP contribution in [0.2, 0.25) is 0 Å². The molecular formula is C22H28N4S. The van der Waals surface area contributed by atoms with Gasteiger partial charge in [0.2, 0.25) is 0 Å². The third-order valence-electron chi connectivity index (χ3n) is 6.38. The number of hydrogen-bond donors (Lipinski definition) is 0. The highest BCUT2D eigenvalue weighted by Gasteiger charge is 2.27. The topological polar surface area (TPSA) is 41.9 Å². The first-order chi connectivity index (χ1) is 13.3. The van der Waals surface area contributed by atoms with Gasteiger partial charge in [0.15, 0.2) is 0 Å². The van der Waals surface area contributed by atoms with Gasteiger partial charge in [0.1, 0.15) is 17.0 Å². The van der Waals surface area contributed by atoms with E-state index in [1.165, 1.54) is 83.1 Å². The summed E-state index contributed by atoms with van der Waals surface area (Å²) in [6.07, 6.45) is 12.8. The largest absolute Gasteiger partial charge is 0.353 e. The summed E-state index contributed by atoms with van der Waals surface area (Å²) in [5.41, 5.74) is 5.56. The summed E-state index contributed by atoms with van der Waals surface area (Å²) in [6, 6.07) is 0.556. The van der Waals surface area contributed by atoms with E-state index in [1.54, 1.807) is 6.33 Å². The molecule has 142 valence electrons. The molecular weight excluding hydrogens is 352 g/mol. The van der Waals surface area contributed by atoms with Crippen LogP contribution in [0.5, 0.6) is 0 Å². The minimum Gasteiger partial charge on any atom is -0.353 e. The molecule has 0 bridgehead atoms. The number of fused-ring (bicyclic) bond motifs is 5. The van der Waals surface area contributed by atoms with Gasteiger partial charge >= 0.3 is 0 Å². The Morgan fingerprint density at radius 3 is 2.89 bits per heavy atom. The van der Waals surface area contributed by atoms with Crippen LogP contribution in [-0.2, 0) is 19.3 Å². The number of unbranched alkanes of at least 4 members (excludes halogenated alkanes) is 1. The predicted octanol–water partition coefficient (Wildman–Crippen LogP) is 5.45. The van der Waals surface area contributed by atoms with Crippen LogP contribution in [-0.4, -0.2) is 27.5 Å².